The van der Waals surface area contributed by atoms with Gasteiger partial charge >= 0.3 is 0 Å². The van der Waals surface area contributed by atoms with Crippen molar-refractivity contribution in [2.24, 2.45) is 5.73 Å². The van der Waals surface area contributed by atoms with E-state index < -0.39 is 5.91 Å². The van der Waals surface area contributed by atoms with Gasteiger partial charge in [0.25, 0.3) is 0 Å². The third kappa shape index (κ3) is 2.97. The number of hydrogen-bond acceptors (Lipinski definition) is 5. The number of rotatable bonds is 4. The van der Waals surface area contributed by atoms with Crippen molar-refractivity contribution in [1.82, 2.24) is 0 Å². The molecule has 0 saturated heterocycles. The van der Waals surface area contributed by atoms with Gasteiger partial charge in [-0.3, -0.25) is 9.59 Å². The topological polar surface area (TPSA) is 90.7 Å². The average Bonchev–Trinajstić information content (AvgIpc) is 2.45. The van der Waals surface area contributed by atoms with Gasteiger partial charge in [-0.05, 0) is 6.07 Å². The molecule has 0 fully saturated rings. The molecule has 1 aromatic rings. The lowest BCUT2D eigenvalue weighted by Gasteiger charge is -2.20. The number of ether oxygens (including phenoxy) is 2. The first-order valence-corrected chi connectivity index (χ1v) is 6.22. The number of halogens is 1. The molecule has 1 aliphatic heterocycles. The summed E-state index contributed by atoms with van der Waals surface area (Å²) >= 11 is 5.43. The monoisotopic (exact) mass is 284 g/mol. The third-order valence-electron chi connectivity index (χ3n) is 2.56. The molecule has 1 aromatic carbocycles. The Morgan fingerprint density at radius 2 is 1.89 bits per heavy atom. The highest BCUT2D eigenvalue weighted by atomic mass is 35.5. The Kier molecular flexibility index (Phi) is 4.24. The lowest BCUT2D eigenvalue weighted by Crippen LogP contribution is -2.21. The predicted molar refractivity (Wildman–Crippen MR) is 70.2 cm³/mol. The molecular weight excluding hydrogens is 272 g/mol. The Bertz CT molecular complexity index is 519. The number of Topliss-reactive ketones (excluding diaryl/α,β-unsaturated/α-hetero) is 1. The highest BCUT2D eigenvalue weighted by molar-refractivity contribution is 6.29. The fraction of sp³-hybridized carbons (Fsp3) is 0.333. The largest absolute Gasteiger partial charge is 0.486 e. The molecular formula is C12H13ClN2O4. The van der Waals surface area contributed by atoms with Crippen LogP contribution in [0.15, 0.2) is 12.1 Å². The van der Waals surface area contributed by atoms with Crippen LogP contribution in [0.1, 0.15) is 10.4 Å². The van der Waals surface area contributed by atoms with Gasteiger partial charge in [-0.1, -0.05) is 0 Å². The van der Waals surface area contributed by atoms with Crippen LogP contribution in [0.3, 0.4) is 0 Å². The Hall–Kier alpha value is -1.79. The molecule has 0 unspecified atom stereocenters. The highest BCUT2D eigenvalue weighted by Gasteiger charge is 2.20. The number of benzene rings is 1. The maximum atomic E-state index is 11.8. The van der Waals surface area contributed by atoms with Gasteiger partial charge in [-0.2, -0.15) is 0 Å². The van der Waals surface area contributed by atoms with Gasteiger partial charge in [0.15, 0.2) is 17.3 Å². The number of ketones is 1. The molecule has 6 nitrogen and oxygen atoms in total. The lowest BCUT2D eigenvalue weighted by molar-refractivity contribution is -0.113. The first kappa shape index (κ1) is 13.6. The Balaban J connectivity index is 2.42. The van der Waals surface area contributed by atoms with E-state index in [1.54, 1.807) is 6.07 Å². The third-order valence-corrected chi connectivity index (χ3v) is 2.81. The second-order valence-corrected chi connectivity index (χ2v) is 4.12. The van der Waals surface area contributed by atoms with E-state index in [0.717, 1.165) is 0 Å². The van der Waals surface area contributed by atoms with Crippen molar-refractivity contribution in [3.63, 3.8) is 0 Å². The number of hydrogen-bond donors (Lipinski definition) is 2. The summed E-state index contributed by atoms with van der Waals surface area (Å²) < 4.78 is 10.8. The van der Waals surface area contributed by atoms with E-state index in [1.165, 1.54) is 6.07 Å². The first-order valence-electron chi connectivity index (χ1n) is 5.68. The molecule has 0 aromatic heterocycles. The zero-order valence-corrected chi connectivity index (χ0v) is 10.8. The average molecular weight is 285 g/mol. The Morgan fingerprint density at radius 3 is 2.47 bits per heavy atom. The Morgan fingerprint density at radius 1 is 1.26 bits per heavy atom. The van der Waals surface area contributed by atoms with Gasteiger partial charge in [-0.15, -0.1) is 11.6 Å². The van der Waals surface area contributed by atoms with Crippen molar-refractivity contribution in [2.45, 2.75) is 0 Å². The molecule has 0 radical (unpaired) electrons. The van der Waals surface area contributed by atoms with E-state index >= 15 is 0 Å². The molecule has 102 valence electrons. The maximum Gasteiger partial charge on any atom is 0.239 e. The number of fused-ring (bicyclic) bond motifs is 1. The maximum absolute atomic E-state index is 11.8. The summed E-state index contributed by atoms with van der Waals surface area (Å²) in [4.78, 5) is 23.1. The SMILES string of the molecule is NCC(=O)c1cc2c(cc1NC(=O)CCl)OCCO2. The molecule has 0 spiro atoms. The molecule has 3 N–H and O–H groups in total. The molecule has 0 aliphatic carbocycles. The fourth-order valence-corrected chi connectivity index (χ4v) is 1.78. The molecule has 0 bridgehead atoms. The smallest absolute Gasteiger partial charge is 0.239 e. The summed E-state index contributed by atoms with van der Waals surface area (Å²) in [5.74, 6) is 0.0212. The number of nitrogens with one attached hydrogen (secondary N) is 1. The minimum atomic E-state index is -0.413. The molecule has 1 heterocycles. The van der Waals surface area contributed by atoms with E-state index in [0.29, 0.717) is 30.4 Å². The van der Waals surface area contributed by atoms with Crippen molar-refractivity contribution >= 4 is 29.0 Å². The summed E-state index contributed by atoms with van der Waals surface area (Å²) in [5, 5.41) is 2.54. The normalized spacial score (nSPS) is 12.9. The van der Waals surface area contributed by atoms with Crippen LogP contribution in [0, 0.1) is 0 Å². The predicted octanol–water partition coefficient (Wildman–Crippen LogP) is 0.776. The van der Waals surface area contributed by atoms with E-state index in [-0.39, 0.29) is 23.8 Å². The summed E-state index contributed by atoms with van der Waals surface area (Å²) in [6.07, 6.45) is 0. The lowest BCUT2D eigenvalue weighted by atomic mass is 10.1. The molecule has 19 heavy (non-hydrogen) atoms. The fourth-order valence-electron chi connectivity index (χ4n) is 1.72. The van der Waals surface area contributed by atoms with Gasteiger partial charge < -0.3 is 20.5 Å². The number of anilines is 1. The van der Waals surface area contributed by atoms with Crippen molar-refractivity contribution in [3.8, 4) is 11.5 Å². The summed E-state index contributed by atoms with van der Waals surface area (Å²) in [5.41, 5.74) is 5.96. The zero-order valence-electron chi connectivity index (χ0n) is 10.1. The standard InChI is InChI=1S/C12H13ClN2O4/c13-5-12(17)15-8-4-11-10(18-1-2-19-11)3-7(8)9(16)6-14/h3-4H,1-2,5-6,14H2,(H,15,17). The van der Waals surface area contributed by atoms with E-state index in [2.05, 4.69) is 5.32 Å². The molecule has 7 heteroatoms. The van der Waals surface area contributed by atoms with Gasteiger partial charge in [0.1, 0.15) is 19.1 Å². The minimum Gasteiger partial charge on any atom is -0.486 e. The highest BCUT2D eigenvalue weighted by Crippen LogP contribution is 2.35. The second-order valence-electron chi connectivity index (χ2n) is 3.85. The van der Waals surface area contributed by atoms with Crippen molar-refractivity contribution in [2.75, 3.05) is 31.0 Å². The molecule has 1 aliphatic rings. The molecule has 1 amide bonds. The van der Waals surface area contributed by atoms with Crippen LogP contribution >= 0.6 is 11.6 Å². The van der Waals surface area contributed by atoms with Gasteiger partial charge in [0.05, 0.1) is 12.2 Å². The summed E-state index contributed by atoms with van der Waals surface area (Å²) in [6.45, 7) is 0.667. The van der Waals surface area contributed by atoms with Crippen molar-refractivity contribution < 1.29 is 19.1 Å². The molecule has 0 saturated carbocycles. The minimum absolute atomic E-state index is 0.163. The first-order chi connectivity index (χ1) is 9.15. The van der Waals surface area contributed by atoms with Crippen LogP contribution in [0.25, 0.3) is 0 Å². The van der Waals surface area contributed by atoms with E-state index in [9.17, 15) is 9.59 Å². The number of nitrogens with two attached hydrogens (primary N) is 1. The zero-order chi connectivity index (χ0) is 13.8. The van der Waals surface area contributed by atoms with Crippen LogP contribution < -0.4 is 20.5 Å². The van der Waals surface area contributed by atoms with Crippen LogP contribution in [0.2, 0.25) is 0 Å². The molecule has 2 rings (SSSR count). The number of amides is 1. The number of carbonyl (C=O) groups is 2. The van der Waals surface area contributed by atoms with E-state index in [1.807, 2.05) is 0 Å². The summed E-state index contributed by atoms with van der Waals surface area (Å²) in [7, 11) is 0. The van der Waals surface area contributed by atoms with Crippen LogP contribution in [-0.2, 0) is 4.79 Å². The van der Waals surface area contributed by atoms with Crippen molar-refractivity contribution in [1.29, 1.82) is 0 Å². The van der Waals surface area contributed by atoms with Crippen LogP contribution in [-0.4, -0.2) is 37.3 Å². The van der Waals surface area contributed by atoms with Gasteiger partial charge in [0.2, 0.25) is 5.91 Å². The van der Waals surface area contributed by atoms with Gasteiger partial charge in [0, 0.05) is 11.6 Å². The quantitative estimate of drug-likeness (QED) is 0.630. The van der Waals surface area contributed by atoms with Crippen LogP contribution in [0.5, 0.6) is 11.5 Å². The second kappa shape index (κ2) is 5.90. The van der Waals surface area contributed by atoms with Crippen molar-refractivity contribution in [3.05, 3.63) is 17.7 Å². The van der Waals surface area contributed by atoms with Crippen LogP contribution in [0.4, 0.5) is 5.69 Å². The molecule has 0 atom stereocenters. The number of carbonyl (C=O) groups excluding carboxylic acids is 2. The number of alkyl halides is 1. The van der Waals surface area contributed by atoms with E-state index in [4.69, 9.17) is 26.8 Å². The summed E-state index contributed by atoms with van der Waals surface area (Å²) in [6, 6.07) is 3.06. The Labute approximate surface area is 114 Å². The van der Waals surface area contributed by atoms with Gasteiger partial charge in [-0.25, -0.2) is 0 Å².